The van der Waals surface area contributed by atoms with Crippen LogP contribution in [0.2, 0.25) is 0 Å². The number of hydrogen-bond donors (Lipinski definition) is 0. The topological polar surface area (TPSA) is 35.5 Å². The van der Waals surface area contributed by atoms with Crippen LogP contribution in [0.3, 0.4) is 0 Å². The van der Waals surface area contributed by atoms with Crippen LogP contribution >= 0.6 is 0 Å². The zero-order valence-corrected chi connectivity index (χ0v) is 10.9. The van der Waals surface area contributed by atoms with Gasteiger partial charge in [0.15, 0.2) is 0 Å². The van der Waals surface area contributed by atoms with Crippen LogP contribution in [-0.2, 0) is 14.3 Å². The summed E-state index contributed by atoms with van der Waals surface area (Å²) in [5.74, 6) is 1.52. The third kappa shape index (κ3) is 3.78. The molecule has 1 aliphatic rings. The van der Waals surface area contributed by atoms with Crippen molar-refractivity contribution in [2.75, 3.05) is 13.7 Å². The van der Waals surface area contributed by atoms with E-state index in [1.807, 2.05) is 0 Å². The van der Waals surface area contributed by atoms with E-state index < -0.39 is 0 Å². The van der Waals surface area contributed by atoms with Crippen molar-refractivity contribution < 1.29 is 14.3 Å². The van der Waals surface area contributed by atoms with Gasteiger partial charge < -0.3 is 9.47 Å². The van der Waals surface area contributed by atoms with Gasteiger partial charge in [-0.1, -0.05) is 27.2 Å². The second-order valence-corrected chi connectivity index (χ2v) is 5.29. The third-order valence-electron chi connectivity index (χ3n) is 3.51. The van der Waals surface area contributed by atoms with Gasteiger partial charge in [0.25, 0.3) is 0 Å². The van der Waals surface area contributed by atoms with E-state index >= 15 is 0 Å². The van der Waals surface area contributed by atoms with Gasteiger partial charge in [-0.05, 0) is 30.6 Å². The monoisotopic (exact) mass is 228 g/mol. The van der Waals surface area contributed by atoms with Crippen molar-refractivity contribution in [3.63, 3.8) is 0 Å². The zero-order chi connectivity index (χ0) is 12.1. The lowest BCUT2D eigenvalue weighted by atomic mass is 9.75. The number of ether oxygens (including phenoxy) is 2. The summed E-state index contributed by atoms with van der Waals surface area (Å²) in [4.78, 5) is 11.4. The van der Waals surface area contributed by atoms with E-state index in [0.717, 1.165) is 6.42 Å². The molecule has 3 nitrogen and oxygen atoms in total. The molecule has 0 saturated heterocycles. The predicted octanol–water partition coefficient (Wildman–Crippen LogP) is 2.64. The summed E-state index contributed by atoms with van der Waals surface area (Å²) >= 11 is 0. The summed E-state index contributed by atoms with van der Waals surface area (Å²) in [5.41, 5.74) is 0. The molecule has 3 heteroatoms. The van der Waals surface area contributed by atoms with Crippen molar-refractivity contribution in [3.8, 4) is 0 Å². The fourth-order valence-corrected chi connectivity index (χ4v) is 2.57. The summed E-state index contributed by atoms with van der Waals surface area (Å²) < 4.78 is 10.3. The van der Waals surface area contributed by atoms with Gasteiger partial charge in [0.1, 0.15) is 12.7 Å². The highest BCUT2D eigenvalue weighted by molar-refractivity contribution is 5.70. The summed E-state index contributed by atoms with van der Waals surface area (Å²) in [6.07, 6.45) is 3.51. The van der Waals surface area contributed by atoms with Crippen LogP contribution in [-0.4, -0.2) is 25.8 Å². The van der Waals surface area contributed by atoms with Crippen molar-refractivity contribution >= 4 is 5.97 Å². The zero-order valence-electron chi connectivity index (χ0n) is 10.9. The predicted molar refractivity (Wildman–Crippen MR) is 63.1 cm³/mol. The molecule has 0 aromatic carbocycles. The molecule has 1 aliphatic carbocycles. The van der Waals surface area contributed by atoms with Crippen molar-refractivity contribution in [2.45, 2.75) is 46.1 Å². The molecular weight excluding hydrogens is 204 g/mol. The third-order valence-corrected chi connectivity index (χ3v) is 3.51. The average molecular weight is 228 g/mol. The Hall–Kier alpha value is -0.570. The SMILES string of the molecule is COCC(=O)OC1CC(C)CCC1C(C)C. The van der Waals surface area contributed by atoms with Crippen LogP contribution in [0.15, 0.2) is 0 Å². The van der Waals surface area contributed by atoms with Crippen LogP contribution in [0.5, 0.6) is 0 Å². The van der Waals surface area contributed by atoms with Gasteiger partial charge in [0.05, 0.1) is 0 Å². The number of rotatable bonds is 4. The average Bonchev–Trinajstić information content (AvgIpc) is 2.17. The Kier molecular flexibility index (Phi) is 5.26. The van der Waals surface area contributed by atoms with Gasteiger partial charge in [0.2, 0.25) is 0 Å². The van der Waals surface area contributed by atoms with Crippen molar-refractivity contribution in [1.82, 2.24) is 0 Å². The van der Waals surface area contributed by atoms with Crippen molar-refractivity contribution in [1.29, 1.82) is 0 Å². The first-order valence-corrected chi connectivity index (χ1v) is 6.23. The fraction of sp³-hybridized carbons (Fsp3) is 0.923. The van der Waals surface area contributed by atoms with Crippen LogP contribution in [0.1, 0.15) is 40.0 Å². The first-order chi connectivity index (χ1) is 7.54. The Morgan fingerprint density at radius 2 is 2.06 bits per heavy atom. The molecule has 0 bridgehead atoms. The Morgan fingerprint density at radius 3 is 2.62 bits per heavy atom. The van der Waals surface area contributed by atoms with Crippen molar-refractivity contribution in [3.05, 3.63) is 0 Å². The van der Waals surface area contributed by atoms with E-state index in [-0.39, 0.29) is 18.7 Å². The second-order valence-electron chi connectivity index (χ2n) is 5.29. The van der Waals surface area contributed by atoms with Crippen LogP contribution < -0.4 is 0 Å². The minimum absolute atomic E-state index is 0.0652. The molecule has 0 spiro atoms. The lowest BCUT2D eigenvalue weighted by molar-refractivity contribution is -0.160. The van der Waals surface area contributed by atoms with Gasteiger partial charge in [-0.3, -0.25) is 0 Å². The number of carbonyl (C=O) groups is 1. The van der Waals surface area contributed by atoms with E-state index in [1.165, 1.54) is 20.0 Å². The minimum Gasteiger partial charge on any atom is -0.460 e. The molecular formula is C13H24O3. The molecule has 0 N–H and O–H groups in total. The Labute approximate surface area is 98.5 Å². The largest absolute Gasteiger partial charge is 0.460 e. The number of esters is 1. The smallest absolute Gasteiger partial charge is 0.332 e. The van der Waals surface area contributed by atoms with Crippen LogP contribution in [0.25, 0.3) is 0 Å². The lowest BCUT2D eigenvalue weighted by Crippen LogP contribution is -2.36. The standard InChI is InChI=1S/C13H24O3/c1-9(2)11-6-5-10(3)7-12(11)16-13(14)8-15-4/h9-12H,5-8H2,1-4H3. The molecule has 0 heterocycles. The van der Waals surface area contributed by atoms with Gasteiger partial charge in [-0.2, -0.15) is 0 Å². The maximum Gasteiger partial charge on any atom is 0.332 e. The van der Waals surface area contributed by atoms with Gasteiger partial charge in [0, 0.05) is 7.11 Å². The summed E-state index contributed by atoms with van der Waals surface area (Å²) in [6, 6.07) is 0. The normalized spacial score (nSPS) is 30.4. The Morgan fingerprint density at radius 1 is 1.38 bits per heavy atom. The highest BCUT2D eigenvalue weighted by atomic mass is 16.6. The molecule has 0 amide bonds. The molecule has 1 fully saturated rings. The number of hydrogen-bond acceptors (Lipinski definition) is 3. The Balaban J connectivity index is 2.54. The first kappa shape index (κ1) is 13.5. The van der Waals surface area contributed by atoms with Crippen LogP contribution in [0, 0.1) is 17.8 Å². The number of carbonyl (C=O) groups excluding carboxylic acids is 1. The molecule has 0 aromatic heterocycles. The lowest BCUT2D eigenvalue weighted by Gasteiger charge is -2.36. The van der Waals surface area contributed by atoms with Crippen molar-refractivity contribution in [2.24, 2.45) is 17.8 Å². The minimum atomic E-state index is -0.229. The molecule has 0 aromatic rings. The fourth-order valence-electron chi connectivity index (χ4n) is 2.57. The van der Waals surface area contributed by atoms with E-state index in [2.05, 4.69) is 20.8 Å². The highest BCUT2D eigenvalue weighted by Crippen LogP contribution is 2.35. The molecule has 0 radical (unpaired) electrons. The van der Waals surface area contributed by atoms with E-state index in [0.29, 0.717) is 17.8 Å². The maximum absolute atomic E-state index is 11.4. The quantitative estimate of drug-likeness (QED) is 0.694. The molecule has 1 rings (SSSR count). The van der Waals surface area contributed by atoms with Gasteiger partial charge in [-0.15, -0.1) is 0 Å². The van der Waals surface area contributed by atoms with E-state index in [1.54, 1.807) is 0 Å². The van der Waals surface area contributed by atoms with E-state index in [4.69, 9.17) is 9.47 Å². The molecule has 1 saturated carbocycles. The molecule has 94 valence electrons. The molecule has 3 atom stereocenters. The van der Waals surface area contributed by atoms with Gasteiger partial charge in [-0.25, -0.2) is 4.79 Å². The first-order valence-electron chi connectivity index (χ1n) is 6.23. The Bertz CT molecular complexity index is 225. The summed E-state index contributed by atoms with van der Waals surface area (Å²) in [7, 11) is 1.52. The van der Waals surface area contributed by atoms with E-state index in [9.17, 15) is 4.79 Å². The molecule has 3 unspecified atom stereocenters. The molecule has 16 heavy (non-hydrogen) atoms. The molecule has 0 aliphatic heterocycles. The van der Waals surface area contributed by atoms with Crippen LogP contribution in [0.4, 0.5) is 0 Å². The maximum atomic E-state index is 11.4. The summed E-state index contributed by atoms with van der Waals surface area (Å²) in [5, 5.41) is 0. The van der Waals surface area contributed by atoms with Gasteiger partial charge >= 0.3 is 5.97 Å². The number of methoxy groups -OCH3 is 1. The summed E-state index contributed by atoms with van der Waals surface area (Å²) in [6.45, 7) is 6.71. The second kappa shape index (κ2) is 6.24. The highest BCUT2D eigenvalue weighted by Gasteiger charge is 2.33.